The normalized spacial score (nSPS) is 10.8. The molecule has 0 unspecified atom stereocenters. The van der Waals surface area contributed by atoms with E-state index in [1.165, 1.54) is 6.20 Å². The van der Waals surface area contributed by atoms with Crippen LogP contribution in [-0.4, -0.2) is 28.3 Å². The summed E-state index contributed by atoms with van der Waals surface area (Å²) in [6.07, 6.45) is 6.64. The molecular formula is C19H18N4O2. The summed E-state index contributed by atoms with van der Waals surface area (Å²) in [6.45, 7) is 2.59. The quantitative estimate of drug-likeness (QED) is 0.556. The monoisotopic (exact) mass is 334 g/mol. The Balaban J connectivity index is 1.70. The molecule has 1 aromatic carbocycles. The van der Waals surface area contributed by atoms with E-state index in [1.54, 1.807) is 24.5 Å². The Morgan fingerprint density at radius 3 is 2.80 bits per heavy atom. The van der Waals surface area contributed by atoms with Crippen LogP contribution in [0.3, 0.4) is 0 Å². The Hall–Kier alpha value is -3.41. The molecule has 1 N–H and O–H groups in total. The molecule has 126 valence electrons. The van der Waals surface area contributed by atoms with E-state index in [-0.39, 0.29) is 5.91 Å². The summed E-state index contributed by atoms with van der Waals surface area (Å²) in [4.78, 5) is 15.9. The lowest BCUT2D eigenvalue weighted by Gasteiger charge is -2.08. The molecule has 0 radical (unpaired) electrons. The first-order valence-electron chi connectivity index (χ1n) is 7.92. The standard InChI is InChI=1S/C19H18N4O2/c1-2-25-18-9-7-16(8-10-18)23-12-4-6-17(23)14-21-22-19(24)15-5-3-11-20-13-15/h3-14H,2H2,1H3,(H,22,24)/b21-14+. The molecule has 25 heavy (non-hydrogen) atoms. The van der Waals surface area contributed by atoms with Crippen molar-refractivity contribution in [1.82, 2.24) is 15.0 Å². The van der Waals surface area contributed by atoms with Crippen molar-refractivity contribution in [1.29, 1.82) is 0 Å². The topological polar surface area (TPSA) is 68.5 Å². The lowest BCUT2D eigenvalue weighted by Crippen LogP contribution is -2.17. The number of amides is 1. The molecule has 0 aliphatic rings. The lowest BCUT2D eigenvalue weighted by molar-refractivity contribution is 0.0955. The van der Waals surface area contributed by atoms with Gasteiger partial charge in [-0.15, -0.1) is 0 Å². The molecule has 0 spiro atoms. The van der Waals surface area contributed by atoms with E-state index in [4.69, 9.17) is 4.74 Å². The third kappa shape index (κ3) is 4.11. The molecule has 3 rings (SSSR count). The third-order valence-electron chi connectivity index (χ3n) is 3.49. The number of benzene rings is 1. The molecule has 6 nitrogen and oxygen atoms in total. The molecule has 0 bridgehead atoms. The fourth-order valence-electron chi connectivity index (χ4n) is 2.32. The van der Waals surface area contributed by atoms with Crippen LogP contribution in [0.25, 0.3) is 5.69 Å². The van der Waals surface area contributed by atoms with Crippen LogP contribution in [0.4, 0.5) is 0 Å². The van der Waals surface area contributed by atoms with Gasteiger partial charge >= 0.3 is 0 Å². The van der Waals surface area contributed by atoms with Crippen molar-refractivity contribution in [3.05, 3.63) is 78.4 Å². The summed E-state index contributed by atoms with van der Waals surface area (Å²) in [5.41, 5.74) is 4.78. The number of aromatic nitrogens is 2. The van der Waals surface area contributed by atoms with Crippen LogP contribution < -0.4 is 10.2 Å². The predicted octanol–water partition coefficient (Wildman–Crippen LogP) is 3.03. The van der Waals surface area contributed by atoms with Crippen LogP contribution in [0.15, 0.2) is 72.2 Å². The van der Waals surface area contributed by atoms with E-state index < -0.39 is 0 Å². The Bertz CT molecular complexity index is 855. The highest BCUT2D eigenvalue weighted by molar-refractivity contribution is 5.94. The zero-order valence-electron chi connectivity index (χ0n) is 13.8. The molecular weight excluding hydrogens is 316 g/mol. The summed E-state index contributed by atoms with van der Waals surface area (Å²) >= 11 is 0. The van der Waals surface area contributed by atoms with Crippen LogP contribution >= 0.6 is 0 Å². The number of hydrogen-bond acceptors (Lipinski definition) is 4. The van der Waals surface area contributed by atoms with E-state index in [0.29, 0.717) is 12.2 Å². The van der Waals surface area contributed by atoms with Gasteiger partial charge in [-0.3, -0.25) is 9.78 Å². The minimum atomic E-state index is -0.302. The van der Waals surface area contributed by atoms with Crippen molar-refractivity contribution in [2.45, 2.75) is 6.92 Å². The molecule has 1 amide bonds. The zero-order valence-corrected chi connectivity index (χ0v) is 13.8. The van der Waals surface area contributed by atoms with E-state index in [0.717, 1.165) is 17.1 Å². The van der Waals surface area contributed by atoms with E-state index in [1.807, 2.05) is 54.1 Å². The average molecular weight is 334 g/mol. The summed E-state index contributed by atoms with van der Waals surface area (Å²) in [7, 11) is 0. The number of ether oxygens (including phenoxy) is 1. The maximum Gasteiger partial charge on any atom is 0.272 e. The van der Waals surface area contributed by atoms with Gasteiger partial charge in [-0.1, -0.05) is 0 Å². The largest absolute Gasteiger partial charge is 0.494 e. The van der Waals surface area contributed by atoms with Crippen LogP contribution in [0.1, 0.15) is 23.0 Å². The first kappa shape index (κ1) is 16.4. The molecule has 0 aliphatic heterocycles. The van der Waals surface area contributed by atoms with Crippen LogP contribution in [-0.2, 0) is 0 Å². The van der Waals surface area contributed by atoms with Gasteiger partial charge in [0.25, 0.3) is 5.91 Å². The number of hydrogen-bond donors (Lipinski definition) is 1. The fourth-order valence-corrected chi connectivity index (χ4v) is 2.32. The summed E-state index contributed by atoms with van der Waals surface area (Å²) < 4.78 is 7.42. The number of carbonyl (C=O) groups excluding carboxylic acids is 1. The first-order valence-corrected chi connectivity index (χ1v) is 7.92. The number of rotatable bonds is 6. The molecule has 2 heterocycles. The van der Waals surface area contributed by atoms with Gasteiger partial charge < -0.3 is 9.30 Å². The van der Waals surface area contributed by atoms with Gasteiger partial charge in [-0.05, 0) is 55.5 Å². The molecule has 0 fully saturated rings. The molecule has 6 heteroatoms. The van der Waals surface area contributed by atoms with E-state index >= 15 is 0 Å². The second kappa shape index (κ2) is 7.92. The maximum absolute atomic E-state index is 11.9. The Morgan fingerprint density at radius 2 is 2.08 bits per heavy atom. The molecule has 0 atom stereocenters. The lowest BCUT2D eigenvalue weighted by atomic mass is 10.3. The van der Waals surface area contributed by atoms with Gasteiger partial charge in [-0.25, -0.2) is 5.43 Å². The highest BCUT2D eigenvalue weighted by atomic mass is 16.5. The van der Waals surface area contributed by atoms with Crippen LogP contribution in [0.5, 0.6) is 5.75 Å². The Kier molecular flexibility index (Phi) is 5.21. The molecule has 3 aromatic rings. The second-order valence-electron chi connectivity index (χ2n) is 5.17. The minimum absolute atomic E-state index is 0.302. The van der Waals surface area contributed by atoms with Crippen molar-refractivity contribution in [3.8, 4) is 11.4 Å². The first-order chi connectivity index (χ1) is 12.3. The maximum atomic E-state index is 11.9. The number of pyridine rings is 1. The number of carbonyl (C=O) groups is 1. The molecule has 0 saturated carbocycles. The second-order valence-corrected chi connectivity index (χ2v) is 5.17. The number of hydrazone groups is 1. The predicted molar refractivity (Wildman–Crippen MR) is 96.2 cm³/mol. The SMILES string of the molecule is CCOc1ccc(-n2cccc2/C=N/NC(=O)c2cccnc2)cc1. The van der Waals surface area contributed by atoms with Crippen molar-refractivity contribution >= 4 is 12.1 Å². The van der Waals surface area contributed by atoms with Crippen molar-refractivity contribution < 1.29 is 9.53 Å². The van der Waals surface area contributed by atoms with E-state index in [9.17, 15) is 4.79 Å². The fraction of sp³-hybridized carbons (Fsp3) is 0.105. The van der Waals surface area contributed by atoms with Crippen LogP contribution in [0, 0.1) is 0 Å². The minimum Gasteiger partial charge on any atom is -0.494 e. The molecule has 0 aliphatic carbocycles. The highest BCUT2D eigenvalue weighted by Gasteiger charge is 2.04. The van der Waals surface area contributed by atoms with Crippen molar-refractivity contribution in [2.75, 3.05) is 6.61 Å². The Morgan fingerprint density at radius 1 is 1.24 bits per heavy atom. The van der Waals surface area contributed by atoms with Gasteiger partial charge in [0.2, 0.25) is 0 Å². The zero-order chi connectivity index (χ0) is 17.5. The van der Waals surface area contributed by atoms with E-state index in [2.05, 4.69) is 15.5 Å². The highest BCUT2D eigenvalue weighted by Crippen LogP contribution is 2.17. The van der Waals surface area contributed by atoms with Gasteiger partial charge in [0.1, 0.15) is 5.75 Å². The Labute approximate surface area is 145 Å². The summed E-state index contributed by atoms with van der Waals surface area (Å²) in [5.74, 6) is 0.529. The third-order valence-corrected chi connectivity index (χ3v) is 3.49. The van der Waals surface area contributed by atoms with Crippen LogP contribution in [0.2, 0.25) is 0 Å². The smallest absolute Gasteiger partial charge is 0.272 e. The van der Waals surface area contributed by atoms with Gasteiger partial charge in [-0.2, -0.15) is 5.10 Å². The summed E-state index contributed by atoms with van der Waals surface area (Å²) in [5, 5.41) is 4.03. The number of nitrogens with zero attached hydrogens (tertiary/aromatic N) is 3. The number of nitrogens with one attached hydrogen (secondary N) is 1. The molecule has 0 saturated heterocycles. The van der Waals surface area contributed by atoms with Crippen molar-refractivity contribution in [2.24, 2.45) is 5.10 Å². The van der Waals surface area contributed by atoms with Gasteiger partial charge in [0.15, 0.2) is 0 Å². The van der Waals surface area contributed by atoms with Gasteiger partial charge in [0, 0.05) is 24.3 Å². The molecule has 2 aromatic heterocycles. The van der Waals surface area contributed by atoms with Crippen molar-refractivity contribution in [3.63, 3.8) is 0 Å². The summed E-state index contributed by atoms with van der Waals surface area (Å²) in [6, 6.07) is 15.0. The average Bonchev–Trinajstić information content (AvgIpc) is 3.12. The van der Waals surface area contributed by atoms with Gasteiger partial charge in [0.05, 0.1) is 24.1 Å².